The van der Waals surface area contributed by atoms with Crippen LogP contribution in [0.2, 0.25) is 0 Å². The first-order chi connectivity index (χ1) is 9.69. The van der Waals surface area contributed by atoms with Gasteiger partial charge in [-0.15, -0.1) is 0 Å². The van der Waals surface area contributed by atoms with Crippen LogP contribution in [0.3, 0.4) is 0 Å². The number of para-hydroxylation sites is 1. The molecule has 1 unspecified atom stereocenters. The van der Waals surface area contributed by atoms with E-state index in [1.54, 1.807) is 6.07 Å². The number of anilines is 2. The quantitative estimate of drug-likeness (QED) is 0.900. The Balaban J connectivity index is 2.11. The van der Waals surface area contributed by atoms with Crippen molar-refractivity contribution in [2.75, 3.05) is 4.90 Å². The smallest absolute Gasteiger partial charge is 0.125 e. The normalized spacial score (nSPS) is 17.9. The van der Waals surface area contributed by atoms with Crippen molar-refractivity contribution in [3.05, 3.63) is 59.4 Å². The summed E-state index contributed by atoms with van der Waals surface area (Å²) in [5.41, 5.74) is 9.89. The van der Waals surface area contributed by atoms with Gasteiger partial charge in [0.25, 0.3) is 0 Å². The topological polar surface area (TPSA) is 29.3 Å². The SMILES string of the molecule is CC1CCc2ccccc2N1c1cc(F)cc(CN)c1. The van der Waals surface area contributed by atoms with Crippen molar-refractivity contribution in [1.82, 2.24) is 0 Å². The molecule has 1 aliphatic heterocycles. The molecule has 0 radical (unpaired) electrons. The molecule has 0 aromatic heterocycles. The molecule has 2 nitrogen and oxygen atoms in total. The maximum atomic E-state index is 13.8. The molecule has 0 spiro atoms. The summed E-state index contributed by atoms with van der Waals surface area (Å²) < 4.78 is 13.8. The number of hydrogen-bond donors (Lipinski definition) is 1. The fraction of sp³-hybridized carbons (Fsp3) is 0.294. The second-order valence-electron chi connectivity index (χ2n) is 5.41. The van der Waals surface area contributed by atoms with Gasteiger partial charge in [0.15, 0.2) is 0 Å². The number of rotatable bonds is 2. The van der Waals surface area contributed by atoms with Gasteiger partial charge in [-0.3, -0.25) is 0 Å². The largest absolute Gasteiger partial charge is 0.338 e. The molecule has 20 heavy (non-hydrogen) atoms. The number of hydrogen-bond acceptors (Lipinski definition) is 2. The first-order valence-electron chi connectivity index (χ1n) is 7.05. The van der Waals surface area contributed by atoms with E-state index in [4.69, 9.17) is 5.73 Å². The van der Waals surface area contributed by atoms with Crippen LogP contribution in [0.1, 0.15) is 24.5 Å². The maximum Gasteiger partial charge on any atom is 0.125 e. The zero-order valence-corrected chi connectivity index (χ0v) is 11.6. The zero-order chi connectivity index (χ0) is 14.1. The molecule has 1 aliphatic rings. The highest BCUT2D eigenvalue weighted by atomic mass is 19.1. The van der Waals surface area contributed by atoms with Gasteiger partial charge in [0.05, 0.1) is 0 Å². The van der Waals surface area contributed by atoms with Crippen molar-refractivity contribution in [3.8, 4) is 0 Å². The number of halogens is 1. The molecular weight excluding hydrogens is 251 g/mol. The highest BCUT2D eigenvalue weighted by molar-refractivity contribution is 5.69. The molecule has 1 atom stereocenters. The van der Waals surface area contributed by atoms with Crippen LogP contribution in [0.15, 0.2) is 42.5 Å². The standard InChI is InChI=1S/C17H19FN2/c1-12-6-7-14-4-2-3-5-17(14)20(12)16-9-13(11-19)8-15(18)10-16/h2-5,8-10,12H,6-7,11,19H2,1H3. The fourth-order valence-corrected chi connectivity index (χ4v) is 2.97. The van der Waals surface area contributed by atoms with Gasteiger partial charge in [0, 0.05) is 24.0 Å². The Kier molecular flexibility index (Phi) is 3.45. The second kappa shape index (κ2) is 5.25. The summed E-state index contributed by atoms with van der Waals surface area (Å²) in [6, 6.07) is 13.8. The monoisotopic (exact) mass is 270 g/mol. The van der Waals surface area contributed by atoms with Crippen LogP contribution >= 0.6 is 0 Å². The zero-order valence-electron chi connectivity index (χ0n) is 11.6. The van der Waals surface area contributed by atoms with Gasteiger partial charge in [0.2, 0.25) is 0 Å². The Bertz CT molecular complexity index is 624. The third kappa shape index (κ3) is 2.29. The first kappa shape index (κ1) is 13.1. The molecule has 0 aliphatic carbocycles. The molecule has 104 valence electrons. The molecule has 0 amide bonds. The molecular formula is C17H19FN2. The van der Waals surface area contributed by atoms with E-state index in [2.05, 4.69) is 30.0 Å². The minimum atomic E-state index is -0.224. The van der Waals surface area contributed by atoms with Crippen molar-refractivity contribution >= 4 is 11.4 Å². The highest BCUT2D eigenvalue weighted by Gasteiger charge is 2.24. The van der Waals surface area contributed by atoms with E-state index in [9.17, 15) is 4.39 Å². The average Bonchev–Trinajstić information content (AvgIpc) is 2.46. The van der Waals surface area contributed by atoms with Crippen LogP contribution < -0.4 is 10.6 Å². The highest BCUT2D eigenvalue weighted by Crippen LogP contribution is 2.37. The van der Waals surface area contributed by atoms with E-state index in [-0.39, 0.29) is 5.82 Å². The number of nitrogens with zero attached hydrogens (tertiary/aromatic N) is 1. The van der Waals surface area contributed by atoms with Crippen molar-refractivity contribution in [2.45, 2.75) is 32.4 Å². The lowest BCUT2D eigenvalue weighted by Crippen LogP contribution is -2.33. The van der Waals surface area contributed by atoms with Gasteiger partial charge < -0.3 is 10.6 Å². The summed E-state index contributed by atoms with van der Waals surface area (Å²) in [6.07, 6.45) is 2.15. The number of fused-ring (bicyclic) bond motifs is 1. The number of aryl methyl sites for hydroxylation is 1. The number of benzene rings is 2. The molecule has 3 rings (SSSR count). The lowest BCUT2D eigenvalue weighted by molar-refractivity contribution is 0.606. The van der Waals surface area contributed by atoms with Gasteiger partial charge in [-0.05, 0) is 55.2 Å². The Morgan fingerprint density at radius 3 is 2.85 bits per heavy atom. The molecule has 3 heteroatoms. The molecule has 0 saturated heterocycles. The van der Waals surface area contributed by atoms with Crippen molar-refractivity contribution < 1.29 is 4.39 Å². The van der Waals surface area contributed by atoms with E-state index in [0.29, 0.717) is 12.6 Å². The van der Waals surface area contributed by atoms with E-state index >= 15 is 0 Å². The summed E-state index contributed by atoms with van der Waals surface area (Å²) in [4.78, 5) is 2.22. The Labute approximate surface area is 119 Å². The second-order valence-corrected chi connectivity index (χ2v) is 5.41. The Hall–Kier alpha value is -1.87. The van der Waals surface area contributed by atoms with Gasteiger partial charge >= 0.3 is 0 Å². The van der Waals surface area contributed by atoms with Crippen LogP contribution in [-0.4, -0.2) is 6.04 Å². The lowest BCUT2D eigenvalue weighted by Gasteiger charge is -2.37. The summed E-state index contributed by atoms with van der Waals surface area (Å²) in [5, 5.41) is 0. The summed E-state index contributed by atoms with van der Waals surface area (Å²) >= 11 is 0. The molecule has 2 aromatic rings. The van der Waals surface area contributed by atoms with Crippen LogP contribution in [0.25, 0.3) is 0 Å². The molecule has 2 aromatic carbocycles. The van der Waals surface area contributed by atoms with E-state index in [1.165, 1.54) is 17.3 Å². The van der Waals surface area contributed by atoms with Gasteiger partial charge in [-0.2, -0.15) is 0 Å². The fourth-order valence-electron chi connectivity index (χ4n) is 2.97. The molecule has 0 bridgehead atoms. The summed E-state index contributed by atoms with van der Waals surface area (Å²) in [7, 11) is 0. The Morgan fingerprint density at radius 1 is 1.25 bits per heavy atom. The lowest BCUT2D eigenvalue weighted by atomic mass is 9.95. The molecule has 0 fully saturated rings. The number of nitrogens with two attached hydrogens (primary N) is 1. The van der Waals surface area contributed by atoms with E-state index < -0.39 is 0 Å². The van der Waals surface area contributed by atoms with Gasteiger partial charge in [-0.1, -0.05) is 18.2 Å². The van der Waals surface area contributed by atoms with Crippen LogP contribution in [-0.2, 0) is 13.0 Å². The predicted octanol–water partition coefficient (Wildman–Crippen LogP) is 3.76. The minimum Gasteiger partial charge on any atom is -0.338 e. The van der Waals surface area contributed by atoms with E-state index in [1.807, 2.05) is 12.1 Å². The van der Waals surface area contributed by atoms with Crippen LogP contribution in [0, 0.1) is 5.82 Å². The van der Waals surface area contributed by atoms with Gasteiger partial charge in [-0.25, -0.2) is 4.39 Å². The van der Waals surface area contributed by atoms with Crippen LogP contribution in [0.5, 0.6) is 0 Å². The maximum absolute atomic E-state index is 13.8. The van der Waals surface area contributed by atoms with Gasteiger partial charge in [0.1, 0.15) is 5.82 Å². The summed E-state index contributed by atoms with van der Waals surface area (Å²) in [6.45, 7) is 2.54. The van der Waals surface area contributed by atoms with Crippen molar-refractivity contribution in [3.63, 3.8) is 0 Å². The summed E-state index contributed by atoms with van der Waals surface area (Å²) in [5.74, 6) is -0.224. The molecule has 1 heterocycles. The molecule has 2 N–H and O–H groups in total. The minimum absolute atomic E-state index is 0.224. The van der Waals surface area contributed by atoms with Crippen molar-refractivity contribution in [1.29, 1.82) is 0 Å². The predicted molar refractivity (Wildman–Crippen MR) is 80.7 cm³/mol. The van der Waals surface area contributed by atoms with E-state index in [0.717, 1.165) is 24.1 Å². The third-order valence-electron chi connectivity index (χ3n) is 3.98. The molecule has 0 saturated carbocycles. The average molecular weight is 270 g/mol. The Morgan fingerprint density at radius 2 is 2.05 bits per heavy atom. The third-order valence-corrected chi connectivity index (χ3v) is 3.98. The first-order valence-corrected chi connectivity index (χ1v) is 7.05. The van der Waals surface area contributed by atoms with Crippen molar-refractivity contribution in [2.24, 2.45) is 5.73 Å². The van der Waals surface area contributed by atoms with Crippen LogP contribution in [0.4, 0.5) is 15.8 Å².